The number of carbonyl (C=O) groups is 1. The summed E-state index contributed by atoms with van der Waals surface area (Å²) in [6.07, 6.45) is 2.39. The van der Waals surface area contributed by atoms with Crippen molar-refractivity contribution in [2.45, 2.75) is 38.8 Å². The topological polar surface area (TPSA) is 64.0 Å². The van der Waals surface area contributed by atoms with Gasteiger partial charge in [0.2, 0.25) is 11.3 Å². The highest BCUT2D eigenvalue weighted by Gasteiger charge is 2.26. The number of amides is 1. The molecule has 0 spiro atoms. The normalized spacial score (nSPS) is 13.3. The van der Waals surface area contributed by atoms with Gasteiger partial charge in [-0.25, -0.2) is 0 Å². The van der Waals surface area contributed by atoms with Crippen molar-refractivity contribution in [3.8, 4) is 0 Å². The molecule has 3 rings (SSSR count). The first-order valence-corrected chi connectivity index (χ1v) is 8.85. The Morgan fingerprint density at radius 1 is 1.12 bits per heavy atom. The van der Waals surface area contributed by atoms with Crippen LogP contribution in [0.15, 0.2) is 65.6 Å². The molecule has 0 saturated heterocycles. The Hall–Kier alpha value is -2.95. The van der Waals surface area contributed by atoms with Crippen molar-refractivity contribution in [2.75, 3.05) is 0 Å². The number of aryl methyl sites for hydroxylation is 1. The van der Waals surface area contributed by atoms with Crippen LogP contribution in [0.25, 0.3) is 10.9 Å². The molecule has 3 aromatic rings. The smallest absolute Gasteiger partial charge is 0.222 e. The van der Waals surface area contributed by atoms with Gasteiger partial charge in [-0.05, 0) is 31.0 Å². The van der Waals surface area contributed by atoms with Crippen LogP contribution in [0.5, 0.6) is 0 Å². The number of fused-ring (bicyclic) bond motifs is 1. The molecule has 1 atom stereocenters. The van der Waals surface area contributed by atoms with E-state index in [2.05, 4.69) is 17.3 Å². The van der Waals surface area contributed by atoms with Crippen molar-refractivity contribution in [1.82, 2.24) is 15.1 Å². The van der Waals surface area contributed by atoms with Gasteiger partial charge in [0.25, 0.3) is 0 Å². The van der Waals surface area contributed by atoms with E-state index in [1.165, 1.54) is 6.20 Å². The van der Waals surface area contributed by atoms with Crippen LogP contribution in [-0.4, -0.2) is 15.7 Å². The van der Waals surface area contributed by atoms with Crippen LogP contribution in [0.1, 0.15) is 32.3 Å². The second kappa shape index (κ2) is 7.52. The quantitative estimate of drug-likeness (QED) is 0.743. The molecule has 5 heteroatoms. The van der Waals surface area contributed by atoms with Gasteiger partial charge >= 0.3 is 0 Å². The molecule has 5 nitrogen and oxygen atoms in total. The molecule has 0 saturated carbocycles. The van der Waals surface area contributed by atoms with Crippen molar-refractivity contribution >= 4 is 16.8 Å². The SMILES string of the molecule is CCC(C)(NC(=O)CCn1ncc(=O)c2ccccc21)c1ccccc1. The zero-order valence-corrected chi connectivity index (χ0v) is 15.1. The minimum absolute atomic E-state index is 0.0391. The van der Waals surface area contributed by atoms with Gasteiger partial charge in [-0.2, -0.15) is 5.10 Å². The van der Waals surface area contributed by atoms with Gasteiger partial charge < -0.3 is 5.32 Å². The fourth-order valence-electron chi connectivity index (χ4n) is 3.09. The lowest BCUT2D eigenvalue weighted by atomic mass is 9.89. The van der Waals surface area contributed by atoms with Gasteiger partial charge in [0.1, 0.15) is 0 Å². The van der Waals surface area contributed by atoms with Crippen LogP contribution >= 0.6 is 0 Å². The maximum atomic E-state index is 12.6. The Balaban J connectivity index is 1.73. The Morgan fingerprint density at radius 2 is 1.81 bits per heavy atom. The third kappa shape index (κ3) is 3.67. The Labute approximate surface area is 152 Å². The number of hydrogen-bond acceptors (Lipinski definition) is 3. The largest absolute Gasteiger partial charge is 0.347 e. The maximum Gasteiger partial charge on any atom is 0.222 e. The molecule has 1 unspecified atom stereocenters. The number of rotatable bonds is 6. The summed E-state index contributed by atoms with van der Waals surface area (Å²) >= 11 is 0. The van der Waals surface area contributed by atoms with Gasteiger partial charge in [-0.3, -0.25) is 14.3 Å². The second-order valence-corrected chi connectivity index (χ2v) is 6.60. The lowest BCUT2D eigenvalue weighted by Crippen LogP contribution is -2.43. The predicted molar refractivity (Wildman–Crippen MR) is 103 cm³/mol. The summed E-state index contributed by atoms with van der Waals surface area (Å²) in [4.78, 5) is 24.5. The van der Waals surface area contributed by atoms with E-state index in [4.69, 9.17) is 0 Å². The number of aromatic nitrogens is 2. The van der Waals surface area contributed by atoms with Crippen molar-refractivity contribution in [1.29, 1.82) is 0 Å². The Bertz CT molecular complexity index is 966. The zero-order chi connectivity index (χ0) is 18.6. The average Bonchev–Trinajstić information content (AvgIpc) is 2.68. The molecule has 1 N–H and O–H groups in total. The van der Waals surface area contributed by atoms with E-state index in [0.29, 0.717) is 18.4 Å². The van der Waals surface area contributed by atoms with E-state index < -0.39 is 5.54 Å². The third-order valence-electron chi connectivity index (χ3n) is 4.85. The number of benzene rings is 2. The molecule has 134 valence electrons. The van der Waals surface area contributed by atoms with E-state index in [-0.39, 0.29) is 11.3 Å². The van der Waals surface area contributed by atoms with E-state index in [0.717, 1.165) is 17.5 Å². The molecule has 1 aromatic heterocycles. The number of nitrogens with one attached hydrogen (secondary N) is 1. The lowest BCUT2D eigenvalue weighted by molar-refractivity contribution is -0.123. The van der Waals surface area contributed by atoms with Crippen molar-refractivity contribution in [3.05, 3.63) is 76.6 Å². The Morgan fingerprint density at radius 3 is 2.54 bits per heavy atom. The molecule has 0 aliphatic heterocycles. The third-order valence-corrected chi connectivity index (χ3v) is 4.85. The minimum Gasteiger partial charge on any atom is -0.347 e. The summed E-state index contributed by atoms with van der Waals surface area (Å²) in [7, 11) is 0. The highest BCUT2D eigenvalue weighted by molar-refractivity contribution is 5.79. The summed E-state index contributed by atoms with van der Waals surface area (Å²) in [5, 5.41) is 7.94. The maximum absolute atomic E-state index is 12.6. The summed E-state index contributed by atoms with van der Waals surface area (Å²) in [5.74, 6) is -0.0391. The minimum atomic E-state index is -0.405. The second-order valence-electron chi connectivity index (χ2n) is 6.60. The van der Waals surface area contributed by atoms with Crippen LogP contribution in [0.2, 0.25) is 0 Å². The predicted octanol–water partition coefficient (Wildman–Crippen LogP) is 3.23. The van der Waals surface area contributed by atoms with E-state index >= 15 is 0 Å². The van der Waals surface area contributed by atoms with Gasteiger partial charge in [0.05, 0.1) is 23.8 Å². The molecule has 0 bridgehead atoms. The van der Waals surface area contributed by atoms with Crippen LogP contribution in [-0.2, 0) is 16.9 Å². The first kappa shape index (κ1) is 17.9. The molecule has 0 fully saturated rings. The van der Waals surface area contributed by atoms with Gasteiger partial charge in [-0.15, -0.1) is 0 Å². The molecule has 1 heterocycles. The molecular weight excluding hydrogens is 326 g/mol. The number of nitrogens with zero attached hydrogens (tertiary/aromatic N) is 2. The van der Waals surface area contributed by atoms with Crippen molar-refractivity contribution < 1.29 is 4.79 Å². The van der Waals surface area contributed by atoms with Gasteiger partial charge in [0, 0.05) is 11.8 Å². The Kier molecular flexibility index (Phi) is 5.16. The highest BCUT2D eigenvalue weighted by Crippen LogP contribution is 2.24. The monoisotopic (exact) mass is 349 g/mol. The van der Waals surface area contributed by atoms with E-state index in [9.17, 15) is 9.59 Å². The number of carbonyl (C=O) groups excluding carboxylic acids is 1. The molecular formula is C21H23N3O2. The molecule has 1 amide bonds. The summed E-state index contributed by atoms with van der Waals surface area (Å²) in [6, 6.07) is 17.3. The van der Waals surface area contributed by atoms with Crippen molar-refractivity contribution in [3.63, 3.8) is 0 Å². The summed E-state index contributed by atoms with van der Waals surface area (Å²) in [5.41, 5.74) is 1.32. The van der Waals surface area contributed by atoms with Crippen LogP contribution in [0.4, 0.5) is 0 Å². The van der Waals surface area contributed by atoms with Crippen LogP contribution < -0.4 is 10.7 Å². The molecule has 26 heavy (non-hydrogen) atoms. The van der Waals surface area contributed by atoms with Crippen molar-refractivity contribution in [2.24, 2.45) is 0 Å². The van der Waals surface area contributed by atoms with E-state index in [1.807, 2.05) is 55.5 Å². The highest BCUT2D eigenvalue weighted by atomic mass is 16.1. The lowest BCUT2D eigenvalue weighted by Gasteiger charge is -2.30. The molecule has 0 aliphatic carbocycles. The van der Waals surface area contributed by atoms with E-state index in [1.54, 1.807) is 10.7 Å². The summed E-state index contributed by atoms with van der Waals surface area (Å²) in [6.45, 7) is 4.51. The molecule has 0 radical (unpaired) electrons. The fraction of sp³-hybridized carbons (Fsp3) is 0.286. The summed E-state index contributed by atoms with van der Waals surface area (Å²) < 4.78 is 1.71. The fourth-order valence-corrected chi connectivity index (χ4v) is 3.09. The van der Waals surface area contributed by atoms with Crippen LogP contribution in [0, 0.1) is 0 Å². The average molecular weight is 349 g/mol. The number of para-hydroxylation sites is 1. The standard InChI is InChI=1S/C21H23N3O2/c1-3-21(2,16-9-5-4-6-10-16)23-20(26)13-14-24-18-12-8-7-11-17(18)19(25)15-22-24/h4-12,15H,3,13-14H2,1-2H3,(H,23,26). The molecule has 0 aliphatic rings. The van der Waals surface area contributed by atoms with Gasteiger partial charge in [0.15, 0.2) is 0 Å². The van der Waals surface area contributed by atoms with Gasteiger partial charge in [-0.1, -0.05) is 49.4 Å². The van der Waals surface area contributed by atoms with Crippen LogP contribution in [0.3, 0.4) is 0 Å². The number of hydrogen-bond donors (Lipinski definition) is 1. The first-order valence-electron chi connectivity index (χ1n) is 8.85. The zero-order valence-electron chi connectivity index (χ0n) is 15.1. The molecule has 2 aromatic carbocycles. The first-order chi connectivity index (χ1) is 12.5.